The minimum Gasteiger partial charge on any atom is -0.391 e. The summed E-state index contributed by atoms with van der Waals surface area (Å²) in [5.74, 6) is 0.801. The predicted molar refractivity (Wildman–Crippen MR) is 86.3 cm³/mol. The molecule has 2 heterocycles. The van der Waals surface area contributed by atoms with Crippen molar-refractivity contribution in [1.29, 1.82) is 0 Å². The molecule has 0 aliphatic carbocycles. The molecule has 0 spiro atoms. The zero-order valence-corrected chi connectivity index (χ0v) is 13.5. The number of fused-ring (bicyclic) bond motifs is 1. The van der Waals surface area contributed by atoms with Crippen molar-refractivity contribution in [1.82, 2.24) is 9.55 Å². The number of imidazole rings is 1. The molecule has 0 unspecified atom stereocenters. The van der Waals surface area contributed by atoms with E-state index in [9.17, 15) is 8.42 Å². The molecule has 21 heavy (non-hydrogen) atoms. The fourth-order valence-corrected chi connectivity index (χ4v) is 3.95. The zero-order valence-electron chi connectivity index (χ0n) is 11.9. The van der Waals surface area contributed by atoms with Crippen molar-refractivity contribution in [3.8, 4) is 10.7 Å². The SMILES string of the molecule is Cc1cc(N)sc1-c1nc2cc(S(C)(=O)=O)ccc2n1C. The molecule has 7 heteroatoms. The maximum absolute atomic E-state index is 11.6. The van der Waals surface area contributed by atoms with Crippen molar-refractivity contribution in [2.75, 3.05) is 12.0 Å². The molecular formula is C14H15N3O2S2. The Balaban J connectivity index is 2.27. The first-order chi connectivity index (χ1) is 9.77. The van der Waals surface area contributed by atoms with E-state index in [1.165, 1.54) is 17.6 Å². The Morgan fingerprint density at radius 2 is 2.00 bits per heavy atom. The van der Waals surface area contributed by atoms with Crippen LogP contribution in [0.25, 0.3) is 21.7 Å². The number of sulfone groups is 1. The summed E-state index contributed by atoms with van der Waals surface area (Å²) in [6, 6.07) is 6.93. The van der Waals surface area contributed by atoms with Crippen LogP contribution in [-0.2, 0) is 16.9 Å². The smallest absolute Gasteiger partial charge is 0.175 e. The lowest BCUT2D eigenvalue weighted by atomic mass is 10.3. The highest BCUT2D eigenvalue weighted by Gasteiger charge is 2.16. The standard InChI is InChI=1S/C14H15N3O2S2/c1-8-6-12(15)20-13(8)14-16-10-7-9(21(3,18)19)4-5-11(10)17(14)2/h4-7H,15H2,1-3H3. The predicted octanol–water partition coefficient (Wildman–Crippen LogP) is 2.60. The van der Waals surface area contributed by atoms with Gasteiger partial charge in [-0.25, -0.2) is 13.4 Å². The molecule has 5 nitrogen and oxygen atoms in total. The van der Waals surface area contributed by atoms with Crippen molar-refractivity contribution in [3.05, 3.63) is 29.8 Å². The second-order valence-electron chi connectivity index (χ2n) is 5.08. The quantitative estimate of drug-likeness (QED) is 0.787. The Labute approximate surface area is 127 Å². The summed E-state index contributed by atoms with van der Waals surface area (Å²) in [6.45, 7) is 1.99. The van der Waals surface area contributed by atoms with E-state index in [2.05, 4.69) is 4.98 Å². The van der Waals surface area contributed by atoms with E-state index in [-0.39, 0.29) is 4.90 Å². The molecule has 0 bridgehead atoms. The van der Waals surface area contributed by atoms with Gasteiger partial charge in [-0.3, -0.25) is 0 Å². The minimum atomic E-state index is -3.23. The fraction of sp³-hybridized carbons (Fsp3) is 0.214. The molecule has 110 valence electrons. The normalized spacial score (nSPS) is 12.1. The summed E-state index contributed by atoms with van der Waals surface area (Å²) in [7, 11) is -1.32. The number of hydrogen-bond donors (Lipinski definition) is 1. The van der Waals surface area contributed by atoms with Crippen molar-refractivity contribution in [2.24, 2.45) is 7.05 Å². The van der Waals surface area contributed by atoms with Gasteiger partial charge in [-0.05, 0) is 36.8 Å². The summed E-state index contributed by atoms with van der Waals surface area (Å²) in [5, 5.41) is 0.742. The van der Waals surface area contributed by atoms with Gasteiger partial charge >= 0.3 is 0 Å². The topological polar surface area (TPSA) is 78.0 Å². The summed E-state index contributed by atoms with van der Waals surface area (Å²) < 4.78 is 25.3. The van der Waals surface area contributed by atoms with Crippen LogP contribution < -0.4 is 5.73 Å². The van der Waals surface area contributed by atoms with E-state index in [1.807, 2.05) is 24.6 Å². The van der Waals surface area contributed by atoms with Crippen molar-refractivity contribution < 1.29 is 8.42 Å². The number of rotatable bonds is 2. The van der Waals surface area contributed by atoms with Crippen molar-refractivity contribution in [2.45, 2.75) is 11.8 Å². The summed E-state index contributed by atoms with van der Waals surface area (Å²) >= 11 is 1.48. The van der Waals surface area contributed by atoms with Gasteiger partial charge in [-0.15, -0.1) is 11.3 Å². The highest BCUT2D eigenvalue weighted by molar-refractivity contribution is 7.90. The van der Waals surface area contributed by atoms with Gasteiger partial charge in [-0.1, -0.05) is 0 Å². The number of aromatic nitrogens is 2. The number of benzene rings is 1. The largest absolute Gasteiger partial charge is 0.391 e. The van der Waals surface area contributed by atoms with Crippen molar-refractivity contribution >= 4 is 37.2 Å². The molecule has 0 saturated heterocycles. The summed E-state index contributed by atoms with van der Waals surface area (Å²) in [4.78, 5) is 5.87. The average molecular weight is 321 g/mol. The molecule has 0 radical (unpaired) electrons. The number of anilines is 1. The monoisotopic (exact) mass is 321 g/mol. The van der Waals surface area contributed by atoms with Gasteiger partial charge in [0, 0.05) is 13.3 Å². The molecule has 3 aromatic rings. The maximum atomic E-state index is 11.6. The lowest BCUT2D eigenvalue weighted by molar-refractivity contribution is 0.602. The highest BCUT2D eigenvalue weighted by atomic mass is 32.2. The second-order valence-corrected chi connectivity index (χ2v) is 8.18. The van der Waals surface area contributed by atoms with Gasteiger partial charge in [0.2, 0.25) is 0 Å². The van der Waals surface area contributed by atoms with Crippen molar-refractivity contribution in [3.63, 3.8) is 0 Å². The van der Waals surface area contributed by atoms with Crippen LogP contribution in [0, 0.1) is 6.92 Å². The third-order valence-corrected chi connectivity index (χ3v) is 5.59. The first-order valence-electron chi connectivity index (χ1n) is 6.30. The third-order valence-electron chi connectivity index (χ3n) is 3.42. The minimum absolute atomic E-state index is 0.280. The van der Waals surface area contributed by atoms with Gasteiger partial charge in [0.05, 0.1) is 25.8 Å². The number of nitrogen functional groups attached to an aromatic ring is 1. The molecule has 2 N–H and O–H groups in total. The fourth-order valence-electron chi connectivity index (χ4n) is 2.34. The maximum Gasteiger partial charge on any atom is 0.175 e. The van der Waals surface area contributed by atoms with Crippen LogP contribution in [0.1, 0.15) is 5.56 Å². The Morgan fingerprint density at radius 1 is 1.29 bits per heavy atom. The summed E-state index contributed by atoms with van der Waals surface area (Å²) in [5.41, 5.74) is 8.47. The number of thiophene rings is 1. The Morgan fingerprint density at radius 3 is 2.57 bits per heavy atom. The van der Waals surface area contributed by atoms with Gasteiger partial charge in [0.1, 0.15) is 0 Å². The number of nitrogens with two attached hydrogens (primary N) is 1. The van der Waals surface area contributed by atoms with Crippen LogP contribution in [0.4, 0.5) is 5.00 Å². The van der Waals surface area contributed by atoms with E-state index in [4.69, 9.17) is 5.73 Å². The first-order valence-corrected chi connectivity index (χ1v) is 9.01. The van der Waals surface area contributed by atoms with Crippen LogP contribution in [0.2, 0.25) is 0 Å². The molecule has 0 aliphatic rings. The summed E-state index contributed by atoms with van der Waals surface area (Å²) in [6.07, 6.45) is 1.20. The van der Waals surface area contributed by atoms with E-state index in [0.717, 1.165) is 26.8 Å². The molecule has 0 fully saturated rings. The Hall–Kier alpha value is -1.86. The second kappa shape index (κ2) is 4.57. The lowest BCUT2D eigenvalue weighted by Crippen LogP contribution is -1.96. The van der Waals surface area contributed by atoms with Crippen LogP contribution in [-0.4, -0.2) is 24.2 Å². The van der Waals surface area contributed by atoms with Crippen LogP contribution in [0.15, 0.2) is 29.2 Å². The van der Waals surface area contributed by atoms with E-state index < -0.39 is 9.84 Å². The molecule has 0 atom stereocenters. The Bertz CT molecular complexity index is 952. The number of aryl methyl sites for hydroxylation is 2. The molecule has 0 amide bonds. The average Bonchev–Trinajstić information content (AvgIpc) is 2.88. The Kier molecular flexibility index (Phi) is 3.07. The highest BCUT2D eigenvalue weighted by Crippen LogP contribution is 2.34. The number of hydrogen-bond acceptors (Lipinski definition) is 5. The van der Waals surface area contributed by atoms with E-state index in [1.54, 1.807) is 18.2 Å². The van der Waals surface area contributed by atoms with Crippen LogP contribution in [0.5, 0.6) is 0 Å². The zero-order chi connectivity index (χ0) is 15.4. The van der Waals surface area contributed by atoms with Crippen LogP contribution in [0.3, 0.4) is 0 Å². The number of nitrogens with zero attached hydrogens (tertiary/aromatic N) is 2. The molecule has 2 aromatic heterocycles. The lowest BCUT2D eigenvalue weighted by Gasteiger charge is -2.01. The van der Waals surface area contributed by atoms with E-state index in [0.29, 0.717) is 5.52 Å². The molecular weight excluding hydrogens is 306 g/mol. The molecule has 0 aliphatic heterocycles. The van der Waals surface area contributed by atoms with Crippen LogP contribution >= 0.6 is 11.3 Å². The molecule has 3 rings (SSSR count). The van der Waals surface area contributed by atoms with Gasteiger partial charge in [0.15, 0.2) is 15.7 Å². The van der Waals surface area contributed by atoms with Gasteiger partial charge in [0.25, 0.3) is 0 Å². The van der Waals surface area contributed by atoms with E-state index >= 15 is 0 Å². The third kappa shape index (κ3) is 2.32. The van der Waals surface area contributed by atoms with Gasteiger partial charge < -0.3 is 10.3 Å². The molecule has 0 saturated carbocycles. The molecule has 1 aromatic carbocycles. The van der Waals surface area contributed by atoms with Gasteiger partial charge in [-0.2, -0.15) is 0 Å². The first kappa shape index (κ1) is 14.1.